The topological polar surface area (TPSA) is 31.8 Å². The normalized spacial score (nSPS) is 18.6. The van der Waals surface area contributed by atoms with Crippen LogP contribution in [0, 0.1) is 32.5 Å². The maximum atomic E-state index is 8.52. The summed E-state index contributed by atoms with van der Waals surface area (Å²) < 4.78 is 58.1. The fraction of sp³-hybridized carbons (Fsp3) is 0.286. The van der Waals surface area contributed by atoms with Crippen molar-refractivity contribution in [3.05, 3.63) is 185 Å². The Morgan fingerprint density at radius 2 is 1.45 bits per heavy atom. The average molecular weight is 1000 g/mol. The van der Waals surface area contributed by atoms with E-state index >= 15 is 0 Å². The second-order valence-corrected chi connectivity index (χ2v) is 18.1. The van der Waals surface area contributed by atoms with Crippen LogP contribution in [0.5, 0.6) is 5.75 Å². The zero-order valence-electron chi connectivity index (χ0n) is 42.7. The van der Waals surface area contributed by atoms with Crippen LogP contribution in [0.3, 0.4) is 0 Å². The molecule has 0 amide bonds. The molecule has 1 aromatic heterocycles. The third-order valence-corrected chi connectivity index (χ3v) is 12.5. The van der Waals surface area contributed by atoms with Gasteiger partial charge in [0.2, 0.25) is 0 Å². The minimum absolute atomic E-state index is 0. The number of aromatic nitrogens is 1. The number of allylic oxidation sites excluding steroid dienone is 3. The summed E-state index contributed by atoms with van der Waals surface area (Å²) in [6.07, 6.45) is 9.34. The van der Waals surface area contributed by atoms with Gasteiger partial charge in [-0.25, -0.2) is 4.98 Å². The maximum Gasteiger partial charge on any atom is 0.136 e. The minimum Gasteiger partial charge on any atom is -0.522 e. The van der Waals surface area contributed by atoms with Gasteiger partial charge in [0.25, 0.3) is 0 Å². The van der Waals surface area contributed by atoms with E-state index in [2.05, 4.69) is 145 Å². The largest absolute Gasteiger partial charge is 0.522 e. The number of hydrogen-bond acceptors (Lipinski definition) is 5. The predicted octanol–water partition coefficient (Wildman–Crippen LogP) is 15.0. The molecule has 5 nitrogen and oxygen atoms in total. The molecular weight excluding hydrogens is 940 g/mol. The first-order chi connectivity index (χ1) is 31.7. The fourth-order valence-corrected chi connectivity index (χ4v) is 9.31. The molecule has 6 aromatic rings. The molecule has 0 saturated heterocycles. The van der Waals surface area contributed by atoms with Crippen molar-refractivity contribution in [2.45, 2.75) is 105 Å². The molecular formula is C56H57N4OPt-3. The van der Waals surface area contributed by atoms with Crippen LogP contribution in [0.2, 0.25) is 0 Å². The van der Waals surface area contributed by atoms with Gasteiger partial charge in [0.1, 0.15) is 5.82 Å². The summed E-state index contributed by atoms with van der Waals surface area (Å²) >= 11 is 0. The summed E-state index contributed by atoms with van der Waals surface area (Å²) in [5.41, 5.74) is 10.5. The number of aryl methyl sites for hydroxylation is 2. The van der Waals surface area contributed by atoms with E-state index in [9.17, 15) is 0 Å². The van der Waals surface area contributed by atoms with Crippen molar-refractivity contribution in [3.63, 3.8) is 0 Å². The fourth-order valence-electron chi connectivity index (χ4n) is 9.31. The smallest absolute Gasteiger partial charge is 0.136 e. The van der Waals surface area contributed by atoms with Gasteiger partial charge < -0.3 is 19.4 Å². The molecule has 6 heteroatoms. The Kier molecular flexibility index (Phi) is 9.74. The van der Waals surface area contributed by atoms with Gasteiger partial charge in [0.05, 0.1) is 0 Å². The molecule has 9 rings (SSSR count). The van der Waals surface area contributed by atoms with Gasteiger partial charge >= 0.3 is 0 Å². The number of hydrogen-bond donors (Lipinski definition) is 0. The maximum absolute atomic E-state index is 8.52. The minimum atomic E-state index is -2.59. The van der Waals surface area contributed by atoms with Crippen molar-refractivity contribution in [2.75, 3.05) is 14.7 Å². The number of fused-ring (bicyclic) bond motifs is 4. The van der Waals surface area contributed by atoms with Crippen molar-refractivity contribution < 1.29 is 34.0 Å². The predicted molar refractivity (Wildman–Crippen MR) is 253 cm³/mol. The monoisotopic (exact) mass is 1000 g/mol. The van der Waals surface area contributed by atoms with Crippen molar-refractivity contribution in [3.8, 4) is 16.9 Å². The molecule has 3 aliphatic rings. The zero-order valence-corrected chi connectivity index (χ0v) is 39.0. The first-order valence-corrected chi connectivity index (χ1v) is 21.5. The van der Waals surface area contributed by atoms with Gasteiger partial charge in [-0.1, -0.05) is 134 Å². The summed E-state index contributed by atoms with van der Waals surface area (Å²) in [5.74, 6) is 2.27. The van der Waals surface area contributed by atoms with Crippen LogP contribution in [-0.2, 0) is 31.9 Å². The number of para-hydroxylation sites is 4. The summed E-state index contributed by atoms with van der Waals surface area (Å²) in [6, 6.07) is 39.2. The molecule has 0 radical (unpaired) electrons. The molecule has 5 aromatic carbocycles. The van der Waals surface area contributed by atoms with Gasteiger partial charge in [-0.05, 0) is 112 Å². The molecule has 1 atom stereocenters. The number of pyridine rings is 1. The van der Waals surface area contributed by atoms with Crippen molar-refractivity contribution in [2.24, 2.45) is 0 Å². The Morgan fingerprint density at radius 3 is 2.10 bits per heavy atom. The van der Waals surface area contributed by atoms with E-state index in [-0.39, 0.29) is 60.5 Å². The van der Waals surface area contributed by atoms with Crippen LogP contribution >= 0.6 is 0 Å². The van der Waals surface area contributed by atoms with Crippen LogP contribution in [0.1, 0.15) is 122 Å². The van der Waals surface area contributed by atoms with E-state index in [1.165, 1.54) is 40.5 Å². The number of anilines is 6. The third kappa shape index (κ3) is 7.41. The molecule has 0 saturated carbocycles. The summed E-state index contributed by atoms with van der Waals surface area (Å²) in [4.78, 5) is 10.8. The van der Waals surface area contributed by atoms with Crippen LogP contribution in [-0.4, -0.2) is 4.98 Å². The van der Waals surface area contributed by atoms with Crippen LogP contribution in [0.4, 0.5) is 34.3 Å². The van der Waals surface area contributed by atoms with Gasteiger partial charge in [-0.2, -0.15) is 12.2 Å². The van der Waals surface area contributed by atoms with Gasteiger partial charge in [0.15, 0.2) is 0 Å². The summed E-state index contributed by atoms with van der Waals surface area (Å²) in [5, 5.41) is 0. The Bertz CT molecular complexity index is 2890. The van der Waals surface area contributed by atoms with Crippen LogP contribution < -0.4 is 19.4 Å². The average Bonchev–Trinajstić information content (AvgIpc) is 3.81. The van der Waals surface area contributed by atoms with E-state index in [1.807, 2.05) is 35.4 Å². The zero-order chi connectivity index (χ0) is 47.8. The molecule has 3 heterocycles. The van der Waals surface area contributed by atoms with Crippen molar-refractivity contribution in [1.29, 1.82) is 0 Å². The van der Waals surface area contributed by atoms with Gasteiger partial charge in [-0.15, -0.1) is 36.1 Å². The number of ether oxygens (including phenoxy) is 1. The Labute approximate surface area is 392 Å². The van der Waals surface area contributed by atoms with E-state index in [0.29, 0.717) is 29.3 Å². The number of benzene rings is 5. The van der Waals surface area contributed by atoms with Gasteiger partial charge in [0, 0.05) is 69.4 Å². The summed E-state index contributed by atoms with van der Waals surface area (Å²) in [6.45, 7) is 14.3. The standard InChI is InChI=1S/C56H57N4O.Pt/c1-11-56-28-26-43(34-51(56)60(48-23-13-12-22-47(48)56)52-32-41(27-29-57-52)55(8,9)10)61-44-31-40(53-45(36(2)3)20-17-21-46(53)37(4)5)30-42(33-44)58-35-59(50-25-15-14-24-49(50)58)54-38(6)18-16-19-39(54)7;/h12-27,29-32,35-37H,11,28H2,1-10H3;/q-3;/t56-;/m1./s1/i6D3,7D3;. The molecule has 2 aliphatic heterocycles. The van der Waals surface area contributed by atoms with Gasteiger partial charge in [-0.3, -0.25) is 0 Å². The third-order valence-electron chi connectivity index (χ3n) is 12.5. The van der Waals surface area contributed by atoms with E-state index < -0.39 is 13.7 Å². The molecule has 62 heavy (non-hydrogen) atoms. The second-order valence-electron chi connectivity index (χ2n) is 18.1. The Hall–Kier alpha value is -5.38. The molecule has 0 unspecified atom stereocenters. The molecule has 0 spiro atoms. The second kappa shape index (κ2) is 16.7. The molecule has 0 fully saturated rings. The number of nitrogens with zero attached hydrogens (tertiary/aromatic N) is 4. The van der Waals surface area contributed by atoms with E-state index in [0.717, 1.165) is 40.4 Å². The first kappa shape index (κ1) is 36.1. The molecule has 1 aliphatic carbocycles. The Balaban J connectivity index is 0.00000625. The van der Waals surface area contributed by atoms with E-state index in [4.69, 9.17) is 17.9 Å². The molecule has 0 N–H and O–H groups in total. The quantitative estimate of drug-likeness (QED) is 0.135. The SMILES string of the molecule is [2H]C([2H])([2H])c1cccc(C([2H])([2H])[2H])c1N1[CH-]N(c2[c-]c(OC3=CC[C@@]4(CC)C(=[C-]3)N(c3cc(C(C)(C)C)ccn3)c3ccccc34)cc(-c3c(C(C)C)cccc3C(C)C)c2)c2ccccc21.[Pt]. The molecule has 0 bridgehead atoms. The molecule has 320 valence electrons. The van der Waals surface area contributed by atoms with Crippen molar-refractivity contribution >= 4 is 34.3 Å². The van der Waals surface area contributed by atoms with E-state index in [1.54, 1.807) is 11.6 Å². The van der Waals surface area contributed by atoms with Crippen LogP contribution in [0.15, 0.2) is 133 Å². The first-order valence-electron chi connectivity index (χ1n) is 24.5. The van der Waals surface area contributed by atoms with Crippen molar-refractivity contribution in [1.82, 2.24) is 4.98 Å². The number of rotatable bonds is 9. The van der Waals surface area contributed by atoms with Crippen LogP contribution in [0.25, 0.3) is 11.1 Å². The summed E-state index contributed by atoms with van der Waals surface area (Å²) in [7, 11) is 0. The Morgan fingerprint density at radius 1 is 0.806 bits per heavy atom.